The van der Waals surface area contributed by atoms with Crippen LogP contribution in [0.15, 0.2) is 6.07 Å². The second kappa shape index (κ2) is 6.23. The molecule has 0 amide bonds. The van der Waals surface area contributed by atoms with Crippen molar-refractivity contribution >= 4 is 27.8 Å². The Bertz CT molecular complexity index is 410. The van der Waals surface area contributed by atoms with E-state index in [2.05, 4.69) is 25.8 Å². The maximum absolute atomic E-state index is 12.0. The Morgan fingerprint density at radius 2 is 2.00 bits per heavy atom. The van der Waals surface area contributed by atoms with Crippen LogP contribution in [0.1, 0.15) is 43.8 Å². The highest BCUT2D eigenvalue weighted by Crippen LogP contribution is 2.33. The number of hydrogen-bond acceptors (Lipinski definition) is 4. The maximum Gasteiger partial charge on any atom is 0.177 e. The van der Waals surface area contributed by atoms with Crippen LogP contribution in [-0.4, -0.2) is 19.4 Å². The van der Waals surface area contributed by atoms with Gasteiger partial charge < -0.3 is 10.6 Å². The first kappa shape index (κ1) is 15.0. The van der Waals surface area contributed by atoms with E-state index in [-0.39, 0.29) is 11.7 Å². The number of nitrogen functional groups attached to an aromatic ring is 1. The van der Waals surface area contributed by atoms with Crippen LogP contribution in [0, 0.1) is 11.8 Å². The SMILES string of the molecule is CC(C)CCN(C)c1cc(N)c(C(=O)C(C)C)s1. The summed E-state index contributed by atoms with van der Waals surface area (Å²) >= 11 is 1.51. The number of thiophene rings is 1. The molecule has 1 heterocycles. The molecule has 2 N–H and O–H groups in total. The third-order valence-corrected chi connectivity index (χ3v) is 4.19. The maximum atomic E-state index is 12.0. The summed E-state index contributed by atoms with van der Waals surface area (Å²) in [6.07, 6.45) is 1.14. The van der Waals surface area contributed by atoms with E-state index in [1.165, 1.54) is 11.3 Å². The van der Waals surface area contributed by atoms with Crippen LogP contribution in [-0.2, 0) is 0 Å². The average Bonchev–Trinajstić information content (AvgIpc) is 2.66. The Balaban J connectivity index is 2.80. The zero-order valence-corrected chi connectivity index (χ0v) is 12.8. The standard InChI is InChI=1S/C14H24N2OS/c1-9(2)6-7-16(5)12-8-11(15)14(18-12)13(17)10(3)4/h8-10H,6-7,15H2,1-5H3. The Morgan fingerprint density at radius 1 is 1.39 bits per heavy atom. The third-order valence-electron chi connectivity index (χ3n) is 2.91. The summed E-state index contributed by atoms with van der Waals surface area (Å²) in [4.78, 5) is 14.9. The lowest BCUT2D eigenvalue weighted by Crippen LogP contribution is -2.18. The van der Waals surface area contributed by atoms with Gasteiger partial charge in [-0.15, -0.1) is 11.3 Å². The van der Waals surface area contributed by atoms with Crippen LogP contribution in [0.5, 0.6) is 0 Å². The predicted octanol–water partition coefficient (Wildman–Crippen LogP) is 3.65. The van der Waals surface area contributed by atoms with Crippen molar-refractivity contribution in [2.75, 3.05) is 24.2 Å². The van der Waals surface area contributed by atoms with Gasteiger partial charge >= 0.3 is 0 Å². The largest absolute Gasteiger partial charge is 0.397 e. The topological polar surface area (TPSA) is 46.3 Å². The van der Waals surface area contributed by atoms with Crippen molar-refractivity contribution in [3.63, 3.8) is 0 Å². The van der Waals surface area contributed by atoms with Gasteiger partial charge in [0.15, 0.2) is 5.78 Å². The van der Waals surface area contributed by atoms with Gasteiger partial charge in [0.05, 0.1) is 15.6 Å². The molecule has 18 heavy (non-hydrogen) atoms. The first-order valence-electron chi connectivity index (χ1n) is 6.47. The first-order chi connectivity index (χ1) is 8.32. The van der Waals surface area contributed by atoms with Gasteiger partial charge in [-0.2, -0.15) is 0 Å². The molecule has 0 atom stereocenters. The number of hydrogen-bond donors (Lipinski definition) is 1. The number of carbonyl (C=O) groups excluding carboxylic acids is 1. The predicted molar refractivity (Wildman–Crippen MR) is 80.6 cm³/mol. The first-order valence-corrected chi connectivity index (χ1v) is 7.29. The molecular weight excluding hydrogens is 244 g/mol. The molecule has 1 rings (SSSR count). The zero-order chi connectivity index (χ0) is 13.9. The van der Waals surface area contributed by atoms with Gasteiger partial charge in [0, 0.05) is 19.5 Å². The number of ketones is 1. The number of carbonyl (C=O) groups is 1. The molecule has 1 aromatic heterocycles. The summed E-state index contributed by atoms with van der Waals surface area (Å²) in [7, 11) is 2.05. The van der Waals surface area contributed by atoms with Crippen LogP contribution < -0.4 is 10.6 Å². The minimum absolute atomic E-state index is 0.000213. The van der Waals surface area contributed by atoms with E-state index < -0.39 is 0 Å². The second-order valence-electron chi connectivity index (χ2n) is 5.49. The van der Waals surface area contributed by atoms with Gasteiger partial charge in [0.1, 0.15) is 0 Å². The molecule has 3 nitrogen and oxygen atoms in total. The van der Waals surface area contributed by atoms with Crippen LogP contribution in [0.2, 0.25) is 0 Å². The van der Waals surface area contributed by atoms with Gasteiger partial charge in [0.2, 0.25) is 0 Å². The molecule has 0 radical (unpaired) electrons. The van der Waals surface area contributed by atoms with Crippen molar-refractivity contribution < 1.29 is 4.79 Å². The summed E-state index contributed by atoms with van der Waals surface area (Å²) in [6, 6.07) is 1.92. The number of nitrogens with zero attached hydrogens (tertiary/aromatic N) is 1. The molecule has 0 aliphatic heterocycles. The fraction of sp³-hybridized carbons (Fsp3) is 0.643. The number of nitrogens with two attached hydrogens (primary N) is 1. The Hall–Kier alpha value is -1.03. The van der Waals surface area contributed by atoms with Gasteiger partial charge in [-0.3, -0.25) is 4.79 Å². The van der Waals surface area contributed by atoms with E-state index in [1.807, 2.05) is 19.9 Å². The lowest BCUT2D eigenvalue weighted by molar-refractivity contribution is 0.0944. The molecule has 4 heteroatoms. The average molecular weight is 268 g/mol. The van der Waals surface area contributed by atoms with Gasteiger partial charge in [0.25, 0.3) is 0 Å². The number of rotatable bonds is 6. The van der Waals surface area contributed by atoms with Gasteiger partial charge in [-0.05, 0) is 18.4 Å². The second-order valence-corrected chi connectivity index (χ2v) is 6.52. The molecule has 0 aliphatic carbocycles. The molecule has 0 spiro atoms. The smallest absolute Gasteiger partial charge is 0.177 e. The molecule has 102 valence electrons. The van der Waals surface area contributed by atoms with E-state index >= 15 is 0 Å². The minimum Gasteiger partial charge on any atom is -0.397 e. The van der Waals surface area contributed by atoms with E-state index in [0.29, 0.717) is 16.5 Å². The number of anilines is 2. The normalized spacial score (nSPS) is 11.3. The molecule has 0 fully saturated rings. The fourth-order valence-corrected chi connectivity index (χ4v) is 2.75. The zero-order valence-electron chi connectivity index (χ0n) is 12.0. The van der Waals surface area contributed by atoms with Crippen molar-refractivity contribution in [2.24, 2.45) is 11.8 Å². The lowest BCUT2D eigenvalue weighted by Gasteiger charge is -2.17. The van der Waals surface area contributed by atoms with Crippen LogP contribution in [0.3, 0.4) is 0 Å². The van der Waals surface area contributed by atoms with Crippen LogP contribution >= 0.6 is 11.3 Å². The van der Waals surface area contributed by atoms with Crippen LogP contribution in [0.4, 0.5) is 10.7 Å². The van der Waals surface area contributed by atoms with Crippen molar-refractivity contribution in [1.29, 1.82) is 0 Å². The highest BCUT2D eigenvalue weighted by Gasteiger charge is 2.18. The molecule has 0 unspecified atom stereocenters. The third kappa shape index (κ3) is 3.73. The minimum atomic E-state index is -0.000213. The van der Waals surface area contributed by atoms with Crippen LogP contribution in [0.25, 0.3) is 0 Å². The molecule has 0 saturated carbocycles. The quantitative estimate of drug-likeness (QED) is 0.801. The van der Waals surface area contributed by atoms with Crippen molar-refractivity contribution in [3.8, 4) is 0 Å². The van der Waals surface area contributed by atoms with Gasteiger partial charge in [-0.1, -0.05) is 27.7 Å². The highest BCUT2D eigenvalue weighted by molar-refractivity contribution is 7.18. The Morgan fingerprint density at radius 3 is 2.50 bits per heavy atom. The Kier molecular flexibility index (Phi) is 5.20. The summed E-state index contributed by atoms with van der Waals surface area (Å²) in [5, 5.41) is 1.08. The molecule has 0 saturated heterocycles. The van der Waals surface area contributed by atoms with Crippen molar-refractivity contribution in [1.82, 2.24) is 0 Å². The monoisotopic (exact) mass is 268 g/mol. The Labute approximate surface area is 114 Å². The molecule has 0 bridgehead atoms. The summed E-state index contributed by atoms with van der Waals surface area (Å²) in [6.45, 7) is 9.23. The number of Topliss-reactive ketones (excluding diaryl/α,β-unsaturated/α-hetero) is 1. The molecular formula is C14H24N2OS. The molecule has 0 aliphatic rings. The van der Waals surface area contributed by atoms with E-state index in [1.54, 1.807) is 0 Å². The fourth-order valence-electron chi connectivity index (χ4n) is 1.60. The van der Waals surface area contributed by atoms with E-state index in [4.69, 9.17) is 5.73 Å². The van der Waals surface area contributed by atoms with Crippen molar-refractivity contribution in [2.45, 2.75) is 34.1 Å². The summed E-state index contributed by atoms with van der Waals surface area (Å²) in [5.41, 5.74) is 6.55. The van der Waals surface area contributed by atoms with E-state index in [9.17, 15) is 4.79 Å². The molecule has 1 aromatic rings. The molecule has 0 aromatic carbocycles. The highest BCUT2D eigenvalue weighted by atomic mass is 32.1. The van der Waals surface area contributed by atoms with Gasteiger partial charge in [-0.25, -0.2) is 0 Å². The lowest BCUT2D eigenvalue weighted by atomic mass is 10.1. The van der Waals surface area contributed by atoms with E-state index in [0.717, 1.165) is 18.0 Å². The summed E-state index contributed by atoms with van der Waals surface area (Å²) in [5.74, 6) is 0.822. The summed E-state index contributed by atoms with van der Waals surface area (Å²) < 4.78 is 0. The van der Waals surface area contributed by atoms with Crippen molar-refractivity contribution in [3.05, 3.63) is 10.9 Å².